The fourth-order valence-corrected chi connectivity index (χ4v) is 6.87. The number of carbonyl (C=O) groups is 1. The molecule has 2 aromatic rings. The van der Waals surface area contributed by atoms with Crippen molar-refractivity contribution in [2.24, 2.45) is 0 Å². The van der Waals surface area contributed by atoms with Gasteiger partial charge in [0, 0.05) is 30.6 Å². The van der Waals surface area contributed by atoms with Crippen LogP contribution in [-0.2, 0) is 40.3 Å². The zero-order chi connectivity index (χ0) is 23.7. The SMILES string of the molecule is CCNS(=O)(=O)c1sc2c(c1C(=O)OC)CCN(C(C)Cc1cccc(C(F)(F)F)c1)C2. The summed E-state index contributed by atoms with van der Waals surface area (Å²) in [7, 11) is -2.64. The van der Waals surface area contributed by atoms with Crippen LogP contribution in [0.5, 0.6) is 0 Å². The van der Waals surface area contributed by atoms with Gasteiger partial charge in [0.05, 0.1) is 18.2 Å². The molecule has 0 fully saturated rings. The van der Waals surface area contributed by atoms with Crippen molar-refractivity contribution in [3.63, 3.8) is 0 Å². The number of sulfonamides is 1. The van der Waals surface area contributed by atoms with Gasteiger partial charge in [-0.25, -0.2) is 17.9 Å². The van der Waals surface area contributed by atoms with Crippen LogP contribution in [0.15, 0.2) is 28.5 Å². The number of thiophene rings is 1. The Kier molecular flexibility index (Phi) is 7.33. The number of ether oxygens (including phenoxy) is 1. The first-order valence-corrected chi connectivity index (χ1v) is 12.4. The molecule has 0 aliphatic carbocycles. The molecule has 1 unspecified atom stereocenters. The van der Waals surface area contributed by atoms with Crippen molar-refractivity contribution in [1.29, 1.82) is 0 Å². The molecule has 0 saturated carbocycles. The van der Waals surface area contributed by atoms with E-state index in [1.165, 1.54) is 13.2 Å². The van der Waals surface area contributed by atoms with Gasteiger partial charge in [0.1, 0.15) is 4.21 Å². The number of alkyl halides is 3. The maximum absolute atomic E-state index is 13.0. The van der Waals surface area contributed by atoms with Gasteiger partial charge >= 0.3 is 12.1 Å². The number of rotatable bonds is 7. The van der Waals surface area contributed by atoms with E-state index in [0.29, 0.717) is 37.1 Å². The van der Waals surface area contributed by atoms with E-state index < -0.39 is 27.7 Å². The van der Waals surface area contributed by atoms with Crippen molar-refractivity contribution in [2.45, 2.75) is 49.7 Å². The second-order valence-electron chi connectivity index (χ2n) is 7.63. The molecule has 1 aliphatic heterocycles. The summed E-state index contributed by atoms with van der Waals surface area (Å²) in [6.07, 6.45) is -3.53. The lowest BCUT2D eigenvalue weighted by Crippen LogP contribution is -2.38. The Bertz CT molecular complexity index is 1100. The summed E-state index contributed by atoms with van der Waals surface area (Å²) in [6.45, 7) is 4.72. The maximum Gasteiger partial charge on any atom is 0.416 e. The van der Waals surface area contributed by atoms with Crippen LogP contribution in [0.25, 0.3) is 0 Å². The molecule has 32 heavy (non-hydrogen) atoms. The molecule has 0 amide bonds. The minimum atomic E-state index is -4.39. The summed E-state index contributed by atoms with van der Waals surface area (Å²) in [5, 5.41) is 0. The Morgan fingerprint density at radius 2 is 2.06 bits per heavy atom. The second-order valence-corrected chi connectivity index (χ2v) is 10.7. The molecule has 1 aromatic carbocycles. The zero-order valence-electron chi connectivity index (χ0n) is 18.0. The molecule has 1 atom stereocenters. The molecule has 3 rings (SSSR count). The number of fused-ring (bicyclic) bond motifs is 1. The van der Waals surface area contributed by atoms with E-state index in [9.17, 15) is 26.4 Å². The lowest BCUT2D eigenvalue weighted by atomic mass is 9.99. The Labute approximate surface area is 189 Å². The molecule has 1 N–H and O–H groups in total. The van der Waals surface area contributed by atoms with Gasteiger partial charge in [0.15, 0.2) is 0 Å². The maximum atomic E-state index is 13.0. The van der Waals surface area contributed by atoms with Crippen molar-refractivity contribution in [1.82, 2.24) is 9.62 Å². The molecule has 0 radical (unpaired) electrons. The van der Waals surface area contributed by atoms with Crippen LogP contribution in [-0.4, -0.2) is 45.5 Å². The number of hydrogen-bond donors (Lipinski definition) is 1. The van der Waals surface area contributed by atoms with Gasteiger partial charge in [-0.2, -0.15) is 13.2 Å². The van der Waals surface area contributed by atoms with E-state index in [-0.39, 0.29) is 22.4 Å². The molecular weight excluding hydrogens is 465 g/mol. The second kappa shape index (κ2) is 9.50. The molecule has 0 saturated heterocycles. The number of esters is 1. The Hall–Kier alpha value is -1.95. The normalized spacial score (nSPS) is 15.9. The van der Waals surface area contributed by atoms with Gasteiger partial charge < -0.3 is 4.74 Å². The highest BCUT2D eigenvalue weighted by atomic mass is 32.2. The van der Waals surface area contributed by atoms with E-state index in [0.717, 1.165) is 28.3 Å². The third-order valence-electron chi connectivity index (χ3n) is 5.43. The van der Waals surface area contributed by atoms with Gasteiger partial charge in [-0.15, -0.1) is 11.3 Å². The summed E-state index contributed by atoms with van der Waals surface area (Å²) in [5.74, 6) is -0.690. The van der Waals surface area contributed by atoms with Crippen LogP contribution < -0.4 is 4.72 Å². The summed E-state index contributed by atoms with van der Waals surface area (Å²) in [5.41, 5.74) is 0.650. The number of halogens is 3. The largest absolute Gasteiger partial charge is 0.465 e. The fourth-order valence-electron chi connectivity index (χ4n) is 3.87. The molecule has 1 aromatic heterocycles. The highest BCUT2D eigenvalue weighted by molar-refractivity contribution is 7.91. The van der Waals surface area contributed by atoms with Crippen LogP contribution in [0, 0.1) is 0 Å². The molecule has 2 heterocycles. The van der Waals surface area contributed by atoms with E-state index in [2.05, 4.69) is 9.62 Å². The highest BCUT2D eigenvalue weighted by Gasteiger charge is 2.35. The molecule has 6 nitrogen and oxygen atoms in total. The Morgan fingerprint density at radius 1 is 1.34 bits per heavy atom. The minimum Gasteiger partial charge on any atom is -0.465 e. The summed E-state index contributed by atoms with van der Waals surface area (Å²) >= 11 is 1.04. The Morgan fingerprint density at radius 3 is 2.69 bits per heavy atom. The molecular formula is C21H25F3N2O4S2. The van der Waals surface area contributed by atoms with Gasteiger partial charge in [-0.3, -0.25) is 4.90 Å². The van der Waals surface area contributed by atoms with Crippen LogP contribution in [0.4, 0.5) is 13.2 Å². The molecule has 0 spiro atoms. The molecule has 0 bridgehead atoms. The lowest BCUT2D eigenvalue weighted by molar-refractivity contribution is -0.137. The number of nitrogens with zero attached hydrogens (tertiary/aromatic N) is 1. The fraction of sp³-hybridized carbons (Fsp3) is 0.476. The summed E-state index contributed by atoms with van der Waals surface area (Å²) in [4.78, 5) is 15.2. The third-order valence-corrected chi connectivity index (χ3v) is 8.71. The predicted molar refractivity (Wildman–Crippen MR) is 115 cm³/mol. The highest BCUT2D eigenvalue weighted by Crippen LogP contribution is 2.37. The quantitative estimate of drug-likeness (QED) is 0.597. The monoisotopic (exact) mass is 490 g/mol. The summed E-state index contributed by atoms with van der Waals surface area (Å²) in [6, 6.07) is 5.20. The Balaban J connectivity index is 1.85. The topological polar surface area (TPSA) is 75.7 Å². The average molecular weight is 491 g/mol. The smallest absolute Gasteiger partial charge is 0.416 e. The van der Waals surface area contributed by atoms with Crippen LogP contribution >= 0.6 is 11.3 Å². The first-order chi connectivity index (χ1) is 15.0. The zero-order valence-corrected chi connectivity index (χ0v) is 19.6. The van der Waals surface area contributed by atoms with Crippen molar-refractivity contribution >= 4 is 27.3 Å². The first kappa shape index (κ1) is 24.7. The molecule has 1 aliphatic rings. The number of methoxy groups -OCH3 is 1. The van der Waals surface area contributed by atoms with Crippen LogP contribution in [0.2, 0.25) is 0 Å². The first-order valence-electron chi connectivity index (χ1n) is 10.1. The van der Waals surface area contributed by atoms with Gasteiger partial charge in [-0.1, -0.05) is 25.1 Å². The summed E-state index contributed by atoms with van der Waals surface area (Å²) < 4.78 is 71.5. The predicted octanol–water partition coefficient (Wildman–Crippen LogP) is 3.84. The van der Waals surface area contributed by atoms with Crippen LogP contribution in [0.3, 0.4) is 0 Å². The van der Waals surface area contributed by atoms with E-state index >= 15 is 0 Å². The standard InChI is InChI=1S/C21H25F3N2O4S2/c1-4-25-32(28,29)20-18(19(27)30-3)16-8-9-26(12-17(16)31-20)13(2)10-14-6-5-7-15(11-14)21(22,23)24/h5-7,11,13,25H,4,8-10,12H2,1-3H3. The van der Waals surface area contributed by atoms with Gasteiger partial charge in [-0.05, 0) is 37.0 Å². The molecule has 176 valence electrons. The number of benzene rings is 1. The van der Waals surface area contributed by atoms with E-state index in [1.54, 1.807) is 13.0 Å². The third kappa shape index (κ3) is 5.16. The van der Waals surface area contributed by atoms with Gasteiger partial charge in [0.2, 0.25) is 0 Å². The number of hydrogen-bond acceptors (Lipinski definition) is 6. The van der Waals surface area contributed by atoms with E-state index in [4.69, 9.17) is 4.74 Å². The van der Waals surface area contributed by atoms with E-state index in [1.807, 2.05) is 6.92 Å². The average Bonchev–Trinajstić information content (AvgIpc) is 3.12. The van der Waals surface area contributed by atoms with Crippen molar-refractivity contribution in [2.75, 3.05) is 20.2 Å². The number of nitrogens with one attached hydrogen (secondary N) is 1. The van der Waals surface area contributed by atoms with Gasteiger partial charge in [0.25, 0.3) is 10.0 Å². The van der Waals surface area contributed by atoms with Crippen LogP contribution in [0.1, 0.15) is 45.8 Å². The minimum absolute atomic E-state index is 0.0522. The number of carbonyl (C=O) groups excluding carboxylic acids is 1. The lowest BCUT2D eigenvalue weighted by Gasteiger charge is -2.32. The van der Waals surface area contributed by atoms with Crippen molar-refractivity contribution < 1.29 is 31.1 Å². The molecule has 11 heteroatoms. The van der Waals surface area contributed by atoms with Crippen molar-refractivity contribution in [3.05, 3.63) is 51.4 Å². The van der Waals surface area contributed by atoms with Crippen molar-refractivity contribution in [3.8, 4) is 0 Å².